The quantitative estimate of drug-likeness (QED) is 0.0574. The third-order valence-electron chi connectivity index (χ3n) is 6.20. The van der Waals surface area contributed by atoms with Crippen molar-refractivity contribution in [3.63, 3.8) is 0 Å². The summed E-state index contributed by atoms with van der Waals surface area (Å²) in [6.45, 7) is 0.347. The second kappa shape index (κ2) is 24.4. The second-order valence-electron chi connectivity index (χ2n) is 9.51. The number of carbonyl (C=O) groups is 3. The maximum absolute atomic E-state index is 11.9. The van der Waals surface area contributed by atoms with Crippen molar-refractivity contribution in [2.45, 2.75) is 134 Å². The first-order chi connectivity index (χ1) is 16.9. The average molecular weight is 518 g/mol. The fourth-order valence-corrected chi connectivity index (χ4v) is 4.30. The predicted octanol–water partition coefficient (Wildman–Crippen LogP) is 4.29. The van der Waals surface area contributed by atoms with E-state index < -0.39 is 24.1 Å². The van der Waals surface area contributed by atoms with Crippen molar-refractivity contribution in [3.05, 3.63) is 0 Å². The fraction of sp³-hybridized carbons (Fsp3) is 0.885. The van der Waals surface area contributed by atoms with Gasteiger partial charge in [0.1, 0.15) is 6.23 Å². The van der Waals surface area contributed by atoms with Crippen LogP contribution >= 0.6 is 12.6 Å². The standard InChI is InChI=1S/C26H51N3O5S/c27-26(34)22(21-35)29-24(31)19-20-28-23(30)17-15-13-11-9-7-5-3-1-2-4-6-8-10-12-14-16-18-25(32)33/h22,24,29,31,35H,1-21H2,(H2,27,34)(H,28,30)(H,32,33). The van der Waals surface area contributed by atoms with E-state index in [-0.39, 0.29) is 11.7 Å². The van der Waals surface area contributed by atoms with Gasteiger partial charge in [0.15, 0.2) is 0 Å². The SMILES string of the molecule is NC(=O)C(CS)NC(O)CCNC(=O)CCCCCCCCCCCCCCCCCCC(=O)O. The van der Waals surface area contributed by atoms with Gasteiger partial charge in [-0.15, -0.1) is 0 Å². The van der Waals surface area contributed by atoms with Gasteiger partial charge >= 0.3 is 5.97 Å². The van der Waals surface area contributed by atoms with Crippen LogP contribution in [0.3, 0.4) is 0 Å². The number of carboxylic acid groups (broad SMARTS) is 1. The Bertz CT molecular complexity index is 551. The number of unbranched alkanes of at least 4 members (excludes halogenated alkanes) is 15. The van der Waals surface area contributed by atoms with Gasteiger partial charge in [0.25, 0.3) is 0 Å². The molecule has 2 unspecified atom stereocenters. The number of aliphatic carboxylic acids is 1. The van der Waals surface area contributed by atoms with Crippen LogP contribution in [0.5, 0.6) is 0 Å². The first kappa shape index (κ1) is 33.7. The van der Waals surface area contributed by atoms with Crippen molar-refractivity contribution in [2.24, 2.45) is 5.73 Å². The second-order valence-corrected chi connectivity index (χ2v) is 9.87. The Balaban J connectivity index is 3.33. The first-order valence-electron chi connectivity index (χ1n) is 13.7. The maximum atomic E-state index is 11.9. The van der Waals surface area contributed by atoms with Crippen molar-refractivity contribution < 1.29 is 24.6 Å². The number of hydrogen-bond donors (Lipinski definition) is 6. The van der Waals surface area contributed by atoms with Gasteiger partial charge in [-0.2, -0.15) is 12.6 Å². The Kier molecular flexibility index (Phi) is 23.5. The van der Waals surface area contributed by atoms with Gasteiger partial charge in [-0.05, 0) is 12.8 Å². The zero-order valence-electron chi connectivity index (χ0n) is 21.6. The van der Waals surface area contributed by atoms with E-state index in [1.165, 1.54) is 70.6 Å². The number of aliphatic hydroxyl groups is 1. The van der Waals surface area contributed by atoms with Gasteiger partial charge < -0.3 is 21.3 Å². The number of rotatable bonds is 26. The molecule has 9 heteroatoms. The molecule has 35 heavy (non-hydrogen) atoms. The summed E-state index contributed by atoms with van der Waals surface area (Å²) in [5, 5.41) is 23.9. The van der Waals surface area contributed by atoms with Gasteiger partial charge in [0.05, 0.1) is 6.04 Å². The molecule has 0 radical (unpaired) electrons. The van der Waals surface area contributed by atoms with Crippen LogP contribution in [-0.4, -0.2) is 52.6 Å². The summed E-state index contributed by atoms with van der Waals surface area (Å²) >= 11 is 4.01. The molecule has 0 fully saturated rings. The topological polar surface area (TPSA) is 142 Å². The van der Waals surface area contributed by atoms with Gasteiger partial charge in [-0.3, -0.25) is 19.7 Å². The molecule has 0 aliphatic rings. The Labute approximate surface area is 218 Å². The molecule has 206 valence electrons. The number of thiol groups is 1. The molecule has 2 atom stereocenters. The summed E-state index contributed by atoms with van der Waals surface area (Å²) in [6.07, 6.45) is 19.2. The summed E-state index contributed by atoms with van der Waals surface area (Å²) in [5.41, 5.74) is 5.19. The number of carboxylic acids is 1. The van der Waals surface area contributed by atoms with Crippen molar-refractivity contribution in [1.29, 1.82) is 0 Å². The Morgan fingerprint density at radius 1 is 0.714 bits per heavy atom. The third kappa shape index (κ3) is 24.2. The number of primary amides is 1. The highest BCUT2D eigenvalue weighted by Gasteiger charge is 2.16. The molecular formula is C26H51N3O5S. The van der Waals surface area contributed by atoms with E-state index in [0.29, 0.717) is 25.8 Å². The molecule has 0 saturated heterocycles. The molecular weight excluding hydrogens is 466 g/mol. The highest BCUT2D eigenvalue weighted by molar-refractivity contribution is 7.80. The molecule has 0 aromatic rings. The largest absolute Gasteiger partial charge is 0.481 e. The van der Waals surface area contributed by atoms with E-state index in [4.69, 9.17) is 10.8 Å². The van der Waals surface area contributed by atoms with Gasteiger partial charge in [0, 0.05) is 31.6 Å². The minimum absolute atomic E-state index is 0.00367. The lowest BCUT2D eigenvalue weighted by Gasteiger charge is -2.18. The van der Waals surface area contributed by atoms with Crippen molar-refractivity contribution in [3.8, 4) is 0 Å². The van der Waals surface area contributed by atoms with Crippen molar-refractivity contribution >= 4 is 30.4 Å². The Hall–Kier alpha value is -1.32. The summed E-state index contributed by atoms with van der Waals surface area (Å²) < 4.78 is 0. The normalized spacial score (nSPS) is 12.9. The summed E-state index contributed by atoms with van der Waals surface area (Å²) in [4.78, 5) is 33.4. The minimum atomic E-state index is -0.909. The number of carbonyl (C=O) groups excluding carboxylic acids is 2. The molecule has 0 saturated carbocycles. The fourth-order valence-electron chi connectivity index (χ4n) is 4.01. The van der Waals surface area contributed by atoms with Crippen LogP contribution in [0.2, 0.25) is 0 Å². The number of nitrogens with two attached hydrogens (primary N) is 1. The lowest BCUT2D eigenvalue weighted by Crippen LogP contribution is -2.48. The van der Waals surface area contributed by atoms with E-state index in [1.54, 1.807) is 0 Å². The number of hydrogen-bond acceptors (Lipinski definition) is 6. The minimum Gasteiger partial charge on any atom is -0.481 e. The Morgan fingerprint density at radius 2 is 1.11 bits per heavy atom. The van der Waals surface area contributed by atoms with E-state index in [0.717, 1.165) is 32.1 Å². The number of nitrogens with one attached hydrogen (secondary N) is 2. The van der Waals surface area contributed by atoms with Gasteiger partial charge in [-0.1, -0.05) is 89.9 Å². The zero-order valence-corrected chi connectivity index (χ0v) is 22.5. The number of amides is 2. The van der Waals surface area contributed by atoms with E-state index >= 15 is 0 Å². The predicted molar refractivity (Wildman–Crippen MR) is 144 cm³/mol. The lowest BCUT2D eigenvalue weighted by atomic mass is 10.0. The molecule has 2 amide bonds. The molecule has 6 N–H and O–H groups in total. The number of aliphatic hydroxyl groups excluding tert-OH is 1. The van der Waals surface area contributed by atoms with Crippen LogP contribution in [0.25, 0.3) is 0 Å². The van der Waals surface area contributed by atoms with Crippen LogP contribution in [0.1, 0.15) is 122 Å². The van der Waals surface area contributed by atoms with Gasteiger partial charge in [-0.25, -0.2) is 0 Å². The zero-order chi connectivity index (χ0) is 26.2. The van der Waals surface area contributed by atoms with Crippen LogP contribution in [-0.2, 0) is 14.4 Å². The summed E-state index contributed by atoms with van der Waals surface area (Å²) in [5.74, 6) is -1.04. The molecule has 0 aromatic carbocycles. The van der Waals surface area contributed by atoms with Crippen LogP contribution in [0, 0.1) is 0 Å². The molecule has 0 heterocycles. The van der Waals surface area contributed by atoms with Crippen LogP contribution < -0.4 is 16.4 Å². The van der Waals surface area contributed by atoms with Crippen molar-refractivity contribution in [1.82, 2.24) is 10.6 Å². The molecule has 0 rings (SSSR count). The van der Waals surface area contributed by atoms with Crippen LogP contribution in [0.15, 0.2) is 0 Å². The summed E-state index contributed by atoms with van der Waals surface area (Å²) in [6, 6.07) is -0.686. The summed E-state index contributed by atoms with van der Waals surface area (Å²) in [7, 11) is 0. The van der Waals surface area contributed by atoms with E-state index in [1.807, 2.05) is 0 Å². The first-order valence-corrected chi connectivity index (χ1v) is 14.3. The highest BCUT2D eigenvalue weighted by Crippen LogP contribution is 2.14. The molecule has 0 aliphatic heterocycles. The van der Waals surface area contributed by atoms with E-state index in [2.05, 4.69) is 23.3 Å². The molecule has 0 bridgehead atoms. The van der Waals surface area contributed by atoms with Crippen molar-refractivity contribution in [2.75, 3.05) is 12.3 Å². The molecule has 0 aromatic heterocycles. The third-order valence-corrected chi connectivity index (χ3v) is 6.57. The Morgan fingerprint density at radius 3 is 1.49 bits per heavy atom. The molecule has 8 nitrogen and oxygen atoms in total. The average Bonchev–Trinajstić information content (AvgIpc) is 2.81. The monoisotopic (exact) mass is 517 g/mol. The smallest absolute Gasteiger partial charge is 0.303 e. The van der Waals surface area contributed by atoms with Gasteiger partial charge in [0.2, 0.25) is 11.8 Å². The van der Waals surface area contributed by atoms with Crippen LogP contribution in [0.4, 0.5) is 0 Å². The maximum Gasteiger partial charge on any atom is 0.303 e. The van der Waals surface area contributed by atoms with E-state index in [9.17, 15) is 19.5 Å². The highest BCUT2D eigenvalue weighted by atomic mass is 32.1. The lowest BCUT2D eigenvalue weighted by molar-refractivity contribution is -0.137. The molecule has 0 aliphatic carbocycles. The molecule has 0 spiro atoms.